The number of rotatable bonds is 5. The van der Waals surface area contributed by atoms with Crippen molar-refractivity contribution in [2.75, 3.05) is 25.1 Å². The van der Waals surface area contributed by atoms with Gasteiger partial charge in [0.2, 0.25) is 0 Å². The SMILES string of the molecule is C=CCNC(=NCc1nnc(C)n1C)Nc1ccc2c(c1)OCCCO2.I. The van der Waals surface area contributed by atoms with Gasteiger partial charge in [-0.2, -0.15) is 0 Å². The van der Waals surface area contributed by atoms with Crippen molar-refractivity contribution in [2.45, 2.75) is 19.9 Å². The van der Waals surface area contributed by atoms with Gasteiger partial charge in [0.15, 0.2) is 23.3 Å². The van der Waals surface area contributed by atoms with E-state index in [1.165, 1.54) is 0 Å². The smallest absolute Gasteiger partial charge is 0.196 e. The number of benzene rings is 1. The molecule has 0 fully saturated rings. The van der Waals surface area contributed by atoms with Crippen molar-refractivity contribution >= 4 is 35.6 Å². The quantitative estimate of drug-likeness (QED) is 0.294. The number of aromatic nitrogens is 3. The third-order valence-corrected chi connectivity index (χ3v) is 3.99. The van der Waals surface area contributed by atoms with Gasteiger partial charge in [-0.3, -0.25) is 0 Å². The van der Waals surface area contributed by atoms with Crippen molar-refractivity contribution in [3.8, 4) is 11.5 Å². The molecule has 0 unspecified atom stereocenters. The molecule has 1 aromatic heterocycles. The summed E-state index contributed by atoms with van der Waals surface area (Å²) >= 11 is 0. The van der Waals surface area contributed by atoms with E-state index in [-0.39, 0.29) is 24.0 Å². The van der Waals surface area contributed by atoms with Gasteiger partial charge >= 0.3 is 0 Å². The lowest BCUT2D eigenvalue weighted by atomic mass is 10.3. The van der Waals surface area contributed by atoms with E-state index in [0.29, 0.717) is 32.3 Å². The minimum Gasteiger partial charge on any atom is -0.490 e. The zero-order valence-corrected chi connectivity index (χ0v) is 17.9. The van der Waals surface area contributed by atoms with E-state index in [1.54, 1.807) is 6.08 Å². The molecule has 9 heteroatoms. The number of aryl methyl sites for hydroxylation is 1. The molecule has 2 heterocycles. The summed E-state index contributed by atoms with van der Waals surface area (Å²) in [5.74, 6) is 3.77. The van der Waals surface area contributed by atoms with E-state index >= 15 is 0 Å². The first-order valence-corrected chi connectivity index (χ1v) is 8.58. The van der Waals surface area contributed by atoms with Crippen LogP contribution in [-0.4, -0.2) is 40.5 Å². The Labute approximate surface area is 176 Å². The maximum Gasteiger partial charge on any atom is 0.196 e. The number of hydrogen-bond donors (Lipinski definition) is 2. The van der Waals surface area contributed by atoms with Crippen LogP contribution in [0.1, 0.15) is 18.1 Å². The highest BCUT2D eigenvalue weighted by atomic mass is 127. The van der Waals surface area contributed by atoms with Gasteiger partial charge in [0.25, 0.3) is 0 Å². The standard InChI is InChI=1S/C18H24N6O2.HI/c1-4-8-19-18(20-12-17-23-22-13(2)24(17)3)21-14-6-7-15-16(11-14)26-10-5-9-25-15;/h4,6-7,11H,1,5,8-10,12H2,2-3H3,(H2,19,20,21);1H. The summed E-state index contributed by atoms with van der Waals surface area (Å²) < 4.78 is 13.3. The van der Waals surface area contributed by atoms with Crippen molar-refractivity contribution in [3.05, 3.63) is 42.5 Å². The number of ether oxygens (including phenoxy) is 2. The minimum atomic E-state index is 0. The van der Waals surface area contributed by atoms with Crippen LogP contribution in [0.5, 0.6) is 11.5 Å². The average molecular weight is 484 g/mol. The molecule has 27 heavy (non-hydrogen) atoms. The molecule has 0 atom stereocenters. The van der Waals surface area contributed by atoms with Crippen molar-refractivity contribution < 1.29 is 9.47 Å². The molecular formula is C18H25IN6O2. The number of aliphatic imine (C=N–C) groups is 1. The van der Waals surface area contributed by atoms with Gasteiger partial charge < -0.3 is 24.7 Å². The fourth-order valence-electron chi connectivity index (χ4n) is 2.42. The topological polar surface area (TPSA) is 85.6 Å². The highest BCUT2D eigenvalue weighted by molar-refractivity contribution is 14.0. The molecule has 1 aliphatic rings. The second kappa shape index (κ2) is 10.1. The van der Waals surface area contributed by atoms with Crippen LogP contribution in [0, 0.1) is 6.92 Å². The van der Waals surface area contributed by atoms with E-state index in [9.17, 15) is 0 Å². The lowest BCUT2D eigenvalue weighted by Gasteiger charge is -2.13. The highest BCUT2D eigenvalue weighted by Gasteiger charge is 2.11. The number of nitrogens with zero attached hydrogens (tertiary/aromatic N) is 4. The first-order chi connectivity index (χ1) is 12.7. The molecule has 0 bridgehead atoms. The molecule has 3 rings (SSSR count). The fraction of sp³-hybridized carbons (Fsp3) is 0.389. The average Bonchev–Trinajstić information content (AvgIpc) is 2.85. The second-order valence-corrected chi connectivity index (χ2v) is 5.89. The zero-order valence-electron chi connectivity index (χ0n) is 15.6. The van der Waals surface area contributed by atoms with Gasteiger partial charge in [0.1, 0.15) is 12.4 Å². The van der Waals surface area contributed by atoms with Crippen molar-refractivity contribution in [1.82, 2.24) is 20.1 Å². The predicted octanol–water partition coefficient (Wildman–Crippen LogP) is 2.65. The highest BCUT2D eigenvalue weighted by Crippen LogP contribution is 2.32. The normalized spacial score (nSPS) is 13.3. The van der Waals surface area contributed by atoms with Crippen LogP contribution in [0.2, 0.25) is 0 Å². The Bertz CT molecular complexity index is 805. The Morgan fingerprint density at radius 3 is 2.78 bits per heavy atom. The van der Waals surface area contributed by atoms with E-state index in [4.69, 9.17) is 9.47 Å². The van der Waals surface area contributed by atoms with E-state index < -0.39 is 0 Å². The molecule has 146 valence electrons. The van der Waals surface area contributed by atoms with Crippen LogP contribution in [0.3, 0.4) is 0 Å². The maximum atomic E-state index is 5.74. The molecule has 0 amide bonds. The molecule has 1 aromatic carbocycles. The van der Waals surface area contributed by atoms with Gasteiger partial charge in [-0.1, -0.05) is 6.08 Å². The molecule has 8 nitrogen and oxygen atoms in total. The van der Waals surface area contributed by atoms with Gasteiger partial charge in [-0.15, -0.1) is 40.8 Å². The fourth-order valence-corrected chi connectivity index (χ4v) is 2.42. The van der Waals surface area contributed by atoms with Crippen LogP contribution in [0.25, 0.3) is 0 Å². The van der Waals surface area contributed by atoms with E-state index in [0.717, 1.165) is 35.3 Å². The Hall–Kier alpha value is -2.30. The second-order valence-electron chi connectivity index (χ2n) is 5.89. The van der Waals surface area contributed by atoms with Crippen LogP contribution in [-0.2, 0) is 13.6 Å². The summed E-state index contributed by atoms with van der Waals surface area (Å²) in [6, 6.07) is 5.75. The first kappa shape index (κ1) is 21.0. The first-order valence-electron chi connectivity index (χ1n) is 8.58. The monoisotopic (exact) mass is 484 g/mol. The van der Waals surface area contributed by atoms with E-state index in [1.807, 2.05) is 36.7 Å². The molecule has 0 aliphatic carbocycles. The van der Waals surface area contributed by atoms with Crippen molar-refractivity contribution in [2.24, 2.45) is 12.0 Å². The number of fused-ring (bicyclic) bond motifs is 1. The zero-order chi connectivity index (χ0) is 18.4. The Morgan fingerprint density at radius 2 is 2.07 bits per heavy atom. The van der Waals surface area contributed by atoms with Crippen LogP contribution >= 0.6 is 24.0 Å². The van der Waals surface area contributed by atoms with Gasteiger partial charge in [0, 0.05) is 31.8 Å². The van der Waals surface area contributed by atoms with Crippen molar-refractivity contribution in [1.29, 1.82) is 0 Å². The summed E-state index contributed by atoms with van der Waals surface area (Å²) in [5.41, 5.74) is 0.860. The van der Waals surface area contributed by atoms with Crippen molar-refractivity contribution in [3.63, 3.8) is 0 Å². The molecule has 0 saturated heterocycles. The Kier molecular flexibility index (Phi) is 7.89. The molecule has 0 saturated carbocycles. The maximum absolute atomic E-state index is 5.74. The lowest BCUT2D eigenvalue weighted by Crippen LogP contribution is -2.31. The number of nitrogens with one attached hydrogen (secondary N) is 2. The third kappa shape index (κ3) is 5.59. The molecule has 0 radical (unpaired) electrons. The molecular weight excluding hydrogens is 459 g/mol. The summed E-state index contributed by atoms with van der Waals surface area (Å²) in [7, 11) is 1.92. The third-order valence-electron chi connectivity index (χ3n) is 3.99. The van der Waals surface area contributed by atoms with Gasteiger partial charge in [-0.05, 0) is 19.1 Å². The predicted molar refractivity (Wildman–Crippen MR) is 116 cm³/mol. The number of hydrogen-bond acceptors (Lipinski definition) is 5. The summed E-state index contributed by atoms with van der Waals surface area (Å²) in [4.78, 5) is 4.58. The molecule has 2 N–H and O–H groups in total. The summed E-state index contributed by atoms with van der Waals surface area (Å²) in [6.07, 6.45) is 2.65. The minimum absolute atomic E-state index is 0. The van der Waals surface area contributed by atoms with Gasteiger partial charge in [0.05, 0.1) is 13.2 Å². The molecule has 2 aromatic rings. The Balaban J connectivity index is 0.00000261. The number of halogens is 1. The summed E-state index contributed by atoms with van der Waals surface area (Å²) in [5, 5.41) is 14.7. The number of anilines is 1. The lowest BCUT2D eigenvalue weighted by molar-refractivity contribution is 0.297. The van der Waals surface area contributed by atoms with E-state index in [2.05, 4.69) is 32.4 Å². The van der Waals surface area contributed by atoms with Crippen LogP contribution < -0.4 is 20.1 Å². The number of guanidine groups is 1. The molecule has 0 spiro atoms. The molecule has 1 aliphatic heterocycles. The summed E-state index contributed by atoms with van der Waals surface area (Å²) in [6.45, 7) is 7.97. The van der Waals surface area contributed by atoms with Crippen LogP contribution in [0.4, 0.5) is 5.69 Å². The van der Waals surface area contributed by atoms with Crippen LogP contribution in [0.15, 0.2) is 35.8 Å². The van der Waals surface area contributed by atoms with Gasteiger partial charge in [-0.25, -0.2) is 4.99 Å². The Morgan fingerprint density at radius 1 is 1.30 bits per heavy atom. The largest absolute Gasteiger partial charge is 0.490 e.